The lowest BCUT2D eigenvalue weighted by Crippen LogP contribution is -2.51. The Morgan fingerprint density at radius 3 is 2.07 bits per heavy atom. The molecule has 15 heavy (non-hydrogen) atoms. The van der Waals surface area contributed by atoms with E-state index in [0.717, 1.165) is 13.1 Å². The number of rotatable bonds is 3. The zero-order chi connectivity index (χ0) is 10.8. The molecule has 2 fully saturated rings. The molecule has 2 atom stereocenters. The highest BCUT2D eigenvalue weighted by molar-refractivity contribution is 5.80. The van der Waals surface area contributed by atoms with Crippen molar-refractivity contribution < 1.29 is 14.3 Å². The van der Waals surface area contributed by atoms with Crippen LogP contribution in [0.5, 0.6) is 0 Å². The van der Waals surface area contributed by atoms with Crippen molar-refractivity contribution in [2.75, 3.05) is 40.4 Å². The maximum atomic E-state index is 11.9. The summed E-state index contributed by atoms with van der Waals surface area (Å²) in [5, 5.41) is 3.11. The minimum absolute atomic E-state index is 0.0204. The highest BCUT2D eigenvalue weighted by Gasteiger charge is 2.39. The number of hydrogen-bond acceptors (Lipinski definition) is 4. The van der Waals surface area contributed by atoms with E-state index in [9.17, 15) is 4.79 Å². The summed E-state index contributed by atoms with van der Waals surface area (Å²) in [5.74, 6) is 0.397. The standard InChI is InChI=1S/C10H18N2O3/c1-14-8-5-12(6-9(8)15-2)10(13)7-3-11-4-7/h7-9,11H,3-6H2,1-2H3. The smallest absolute Gasteiger partial charge is 0.228 e. The van der Waals surface area contributed by atoms with E-state index in [4.69, 9.17) is 9.47 Å². The van der Waals surface area contributed by atoms with Crippen LogP contribution in [0, 0.1) is 5.92 Å². The number of carbonyl (C=O) groups excluding carboxylic acids is 1. The van der Waals surface area contributed by atoms with Crippen LogP contribution < -0.4 is 5.32 Å². The average molecular weight is 214 g/mol. The Balaban J connectivity index is 1.91. The number of amides is 1. The number of nitrogens with one attached hydrogen (secondary N) is 1. The molecule has 2 unspecified atom stereocenters. The van der Waals surface area contributed by atoms with Crippen LogP contribution in [-0.4, -0.2) is 63.4 Å². The fourth-order valence-electron chi connectivity index (χ4n) is 2.10. The van der Waals surface area contributed by atoms with Crippen LogP contribution in [0.3, 0.4) is 0 Å². The van der Waals surface area contributed by atoms with Crippen molar-refractivity contribution in [3.63, 3.8) is 0 Å². The third-order valence-electron chi connectivity index (χ3n) is 3.26. The number of carbonyl (C=O) groups is 1. The molecule has 0 saturated carbocycles. The van der Waals surface area contributed by atoms with Crippen molar-refractivity contribution in [1.29, 1.82) is 0 Å². The van der Waals surface area contributed by atoms with Crippen LogP contribution in [0.2, 0.25) is 0 Å². The van der Waals surface area contributed by atoms with E-state index >= 15 is 0 Å². The summed E-state index contributed by atoms with van der Waals surface area (Å²) in [6, 6.07) is 0. The highest BCUT2D eigenvalue weighted by Crippen LogP contribution is 2.19. The van der Waals surface area contributed by atoms with E-state index in [1.807, 2.05) is 4.90 Å². The van der Waals surface area contributed by atoms with Crippen molar-refractivity contribution in [3.8, 4) is 0 Å². The van der Waals surface area contributed by atoms with Crippen LogP contribution in [0.4, 0.5) is 0 Å². The molecule has 2 aliphatic heterocycles. The maximum absolute atomic E-state index is 11.9. The lowest BCUT2D eigenvalue weighted by molar-refractivity contribution is -0.136. The minimum atomic E-state index is 0.0204. The van der Waals surface area contributed by atoms with Crippen LogP contribution in [-0.2, 0) is 14.3 Å². The fraction of sp³-hybridized carbons (Fsp3) is 0.900. The van der Waals surface area contributed by atoms with Gasteiger partial charge in [0.15, 0.2) is 0 Å². The maximum Gasteiger partial charge on any atom is 0.228 e. The molecule has 0 bridgehead atoms. The fourth-order valence-corrected chi connectivity index (χ4v) is 2.10. The molecule has 0 radical (unpaired) electrons. The van der Waals surface area contributed by atoms with E-state index in [-0.39, 0.29) is 24.0 Å². The van der Waals surface area contributed by atoms with E-state index < -0.39 is 0 Å². The molecule has 2 saturated heterocycles. The van der Waals surface area contributed by atoms with Gasteiger partial charge in [-0.3, -0.25) is 4.79 Å². The second kappa shape index (κ2) is 4.47. The number of hydrogen-bond donors (Lipinski definition) is 1. The van der Waals surface area contributed by atoms with Gasteiger partial charge in [0.05, 0.1) is 5.92 Å². The van der Waals surface area contributed by atoms with Gasteiger partial charge >= 0.3 is 0 Å². The van der Waals surface area contributed by atoms with Crippen molar-refractivity contribution in [2.24, 2.45) is 5.92 Å². The molecule has 0 aliphatic carbocycles. The summed E-state index contributed by atoms with van der Waals surface area (Å²) < 4.78 is 10.6. The molecule has 2 rings (SSSR count). The summed E-state index contributed by atoms with van der Waals surface area (Å²) in [5.41, 5.74) is 0. The van der Waals surface area contributed by atoms with Gasteiger partial charge < -0.3 is 19.7 Å². The Hall–Kier alpha value is -0.650. The third-order valence-corrected chi connectivity index (χ3v) is 3.26. The van der Waals surface area contributed by atoms with Crippen LogP contribution in [0.1, 0.15) is 0 Å². The van der Waals surface area contributed by atoms with Gasteiger partial charge in [0.1, 0.15) is 12.2 Å². The van der Waals surface area contributed by atoms with Gasteiger partial charge in [-0.2, -0.15) is 0 Å². The van der Waals surface area contributed by atoms with Crippen LogP contribution in [0.15, 0.2) is 0 Å². The van der Waals surface area contributed by atoms with Crippen molar-refractivity contribution >= 4 is 5.91 Å². The molecule has 0 aromatic rings. The van der Waals surface area contributed by atoms with E-state index in [1.165, 1.54) is 0 Å². The van der Waals surface area contributed by atoms with Crippen molar-refractivity contribution in [1.82, 2.24) is 10.2 Å². The predicted octanol–water partition coefficient (Wildman–Crippen LogP) is -0.922. The second-order valence-electron chi connectivity index (χ2n) is 4.15. The van der Waals surface area contributed by atoms with Gasteiger partial charge in [0.2, 0.25) is 5.91 Å². The quantitative estimate of drug-likeness (QED) is 0.660. The summed E-state index contributed by atoms with van der Waals surface area (Å²) in [6.07, 6.45) is 0.0407. The van der Waals surface area contributed by atoms with Crippen molar-refractivity contribution in [2.45, 2.75) is 12.2 Å². The Labute approximate surface area is 89.7 Å². The normalized spacial score (nSPS) is 31.7. The van der Waals surface area contributed by atoms with Gasteiger partial charge in [-0.15, -0.1) is 0 Å². The first-order valence-electron chi connectivity index (χ1n) is 5.31. The number of likely N-dealkylation sites (tertiary alicyclic amines) is 1. The molecular weight excluding hydrogens is 196 g/mol. The Kier molecular flexibility index (Phi) is 3.23. The molecule has 0 aromatic heterocycles. The molecule has 2 aliphatic rings. The van der Waals surface area contributed by atoms with E-state index in [0.29, 0.717) is 13.1 Å². The van der Waals surface area contributed by atoms with E-state index in [1.54, 1.807) is 14.2 Å². The van der Waals surface area contributed by atoms with Gasteiger partial charge in [0.25, 0.3) is 0 Å². The first-order chi connectivity index (χ1) is 7.26. The monoisotopic (exact) mass is 214 g/mol. The molecule has 2 heterocycles. The topological polar surface area (TPSA) is 50.8 Å². The summed E-state index contributed by atoms with van der Waals surface area (Å²) in [7, 11) is 3.32. The Morgan fingerprint density at radius 1 is 1.20 bits per heavy atom. The first kappa shape index (κ1) is 10.9. The molecule has 86 valence electrons. The van der Waals surface area contributed by atoms with E-state index in [2.05, 4.69) is 5.32 Å². The molecule has 5 heteroatoms. The SMILES string of the molecule is COC1CN(C(=O)C2CNC2)CC1OC. The first-order valence-corrected chi connectivity index (χ1v) is 5.31. The largest absolute Gasteiger partial charge is 0.377 e. The molecule has 0 aromatic carbocycles. The lowest BCUT2D eigenvalue weighted by atomic mass is 10.0. The summed E-state index contributed by atoms with van der Waals surface area (Å²) >= 11 is 0. The van der Waals surface area contributed by atoms with Crippen molar-refractivity contribution in [3.05, 3.63) is 0 Å². The molecular formula is C10H18N2O3. The summed E-state index contributed by atoms with van der Waals surface area (Å²) in [6.45, 7) is 2.93. The third kappa shape index (κ3) is 2.00. The molecule has 5 nitrogen and oxygen atoms in total. The van der Waals surface area contributed by atoms with Gasteiger partial charge in [-0.25, -0.2) is 0 Å². The van der Waals surface area contributed by atoms with Gasteiger partial charge in [-0.05, 0) is 0 Å². The van der Waals surface area contributed by atoms with Gasteiger partial charge in [-0.1, -0.05) is 0 Å². The second-order valence-corrected chi connectivity index (χ2v) is 4.15. The molecule has 0 spiro atoms. The van der Waals surface area contributed by atoms with Gasteiger partial charge in [0, 0.05) is 40.4 Å². The Morgan fingerprint density at radius 2 is 1.73 bits per heavy atom. The average Bonchev–Trinajstić information content (AvgIpc) is 2.57. The predicted molar refractivity (Wildman–Crippen MR) is 54.5 cm³/mol. The highest BCUT2D eigenvalue weighted by atomic mass is 16.5. The number of ether oxygens (including phenoxy) is 2. The lowest BCUT2D eigenvalue weighted by Gasteiger charge is -2.30. The minimum Gasteiger partial charge on any atom is -0.377 e. The number of nitrogens with zero attached hydrogens (tertiary/aromatic N) is 1. The zero-order valence-electron chi connectivity index (χ0n) is 9.23. The zero-order valence-corrected chi connectivity index (χ0v) is 9.23. The summed E-state index contributed by atoms with van der Waals surface area (Å²) in [4.78, 5) is 13.8. The molecule has 1 amide bonds. The van der Waals surface area contributed by atoms with Crippen LogP contribution >= 0.6 is 0 Å². The van der Waals surface area contributed by atoms with Crippen LogP contribution in [0.25, 0.3) is 0 Å². The molecule has 1 N–H and O–H groups in total. The number of methoxy groups -OCH3 is 2. The Bertz CT molecular complexity index is 231.